The van der Waals surface area contributed by atoms with Crippen molar-refractivity contribution in [2.45, 2.75) is 13.8 Å². The number of methoxy groups -OCH3 is 1. The molecule has 1 N–H and O–H groups in total. The normalized spacial score (nSPS) is 10.8. The second-order valence-electron chi connectivity index (χ2n) is 6.43. The minimum Gasteiger partial charge on any atom is -0.497 e. The van der Waals surface area contributed by atoms with E-state index in [1.54, 1.807) is 7.11 Å². The maximum absolute atomic E-state index is 12.9. The summed E-state index contributed by atoms with van der Waals surface area (Å²) in [6, 6.07) is 17.2. The van der Waals surface area contributed by atoms with Crippen LogP contribution < -0.4 is 10.1 Å². The lowest BCUT2D eigenvalue weighted by molar-refractivity contribution is 0.102. The topological polar surface area (TPSA) is 64.1 Å². The van der Waals surface area contributed by atoms with Crippen molar-refractivity contribution in [3.63, 3.8) is 0 Å². The van der Waals surface area contributed by atoms with Crippen molar-refractivity contribution in [2.24, 2.45) is 0 Å². The third-order valence-corrected chi connectivity index (χ3v) is 5.36. The monoisotopic (exact) mass is 389 g/mol. The second-order valence-corrected chi connectivity index (χ2v) is 7.64. The Labute approximate surface area is 167 Å². The van der Waals surface area contributed by atoms with Crippen LogP contribution in [-0.4, -0.2) is 23.0 Å². The number of hydrogen-bond donors (Lipinski definition) is 1. The summed E-state index contributed by atoms with van der Waals surface area (Å²) in [7, 11) is 1.64. The summed E-state index contributed by atoms with van der Waals surface area (Å²) in [5.41, 5.74) is 4.06. The van der Waals surface area contributed by atoms with E-state index in [2.05, 4.69) is 15.3 Å². The van der Waals surface area contributed by atoms with Gasteiger partial charge in [0.2, 0.25) is 0 Å². The van der Waals surface area contributed by atoms with E-state index in [4.69, 9.17) is 4.74 Å². The number of nitrogens with one attached hydrogen (secondary N) is 1. The molecule has 2 aromatic carbocycles. The number of aryl methyl sites for hydroxylation is 2. The molecule has 0 atom stereocenters. The summed E-state index contributed by atoms with van der Waals surface area (Å²) in [6.45, 7) is 3.89. The molecule has 4 aromatic rings. The van der Waals surface area contributed by atoms with Gasteiger partial charge in [0.05, 0.1) is 23.9 Å². The predicted molar refractivity (Wildman–Crippen MR) is 113 cm³/mol. The predicted octanol–water partition coefficient (Wildman–Crippen LogP) is 5.24. The van der Waals surface area contributed by atoms with E-state index in [1.807, 2.05) is 68.4 Å². The minimum absolute atomic E-state index is 0.184. The first-order valence-corrected chi connectivity index (χ1v) is 9.66. The SMILES string of the molecule is COc1ccc(-c2nc(NC(=O)c3cc(C)nc4ccccc34)sc2C)cc1. The van der Waals surface area contributed by atoms with E-state index in [9.17, 15) is 4.79 Å². The molecule has 0 spiro atoms. The standard InChI is InChI=1S/C22H19N3O2S/c1-13-12-18(17-6-4-5-7-19(17)23-13)21(26)25-22-24-20(14(2)28-22)15-8-10-16(27-3)11-9-15/h4-12H,1-3H3,(H,24,25,26). The van der Waals surface area contributed by atoms with Gasteiger partial charge in [0.25, 0.3) is 5.91 Å². The first-order valence-electron chi connectivity index (χ1n) is 8.85. The average molecular weight is 389 g/mol. The van der Waals surface area contributed by atoms with Gasteiger partial charge in [-0.25, -0.2) is 4.98 Å². The highest BCUT2D eigenvalue weighted by Crippen LogP contribution is 2.32. The van der Waals surface area contributed by atoms with Crippen LogP contribution in [0.4, 0.5) is 5.13 Å². The number of fused-ring (bicyclic) bond motifs is 1. The highest BCUT2D eigenvalue weighted by molar-refractivity contribution is 7.16. The van der Waals surface area contributed by atoms with Crippen LogP contribution in [0, 0.1) is 13.8 Å². The quantitative estimate of drug-likeness (QED) is 0.519. The number of carbonyl (C=O) groups excluding carboxylic acids is 1. The van der Waals surface area contributed by atoms with Crippen molar-refractivity contribution in [1.82, 2.24) is 9.97 Å². The van der Waals surface area contributed by atoms with Crippen molar-refractivity contribution in [3.05, 3.63) is 70.7 Å². The van der Waals surface area contributed by atoms with Crippen LogP contribution in [-0.2, 0) is 0 Å². The fourth-order valence-electron chi connectivity index (χ4n) is 3.13. The van der Waals surface area contributed by atoms with E-state index in [0.29, 0.717) is 10.7 Å². The molecule has 0 unspecified atom stereocenters. The van der Waals surface area contributed by atoms with Crippen LogP contribution in [0.3, 0.4) is 0 Å². The Morgan fingerprint density at radius 1 is 1.04 bits per heavy atom. The van der Waals surface area contributed by atoms with E-state index in [1.165, 1.54) is 11.3 Å². The number of ether oxygens (including phenoxy) is 1. The van der Waals surface area contributed by atoms with Crippen LogP contribution in [0.2, 0.25) is 0 Å². The molecule has 0 saturated carbocycles. The van der Waals surface area contributed by atoms with Gasteiger partial charge >= 0.3 is 0 Å². The van der Waals surface area contributed by atoms with Crippen LogP contribution in [0.25, 0.3) is 22.2 Å². The zero-order chi connectivity index (χ0) is 19.7. The Morgan fingerprint density at radius 3 is 2.54 bits per heavy atom. The largest absolute Gasteiger partial charge is 0.497 e. The summed E-state index contributed by atoms with van der Waals surface area (Å²) in [5, 5.41) is 4.35. The second kappa shape index (κ2) is 7.40. The summed E-state index contributed by atoms with van der Waals surface area (Å²) >= 11 is 1.46. The van der Waals surface area contributed by atoms with E-state index < -0.39 is 0 Å². The van der Waals surface area contributed by atoms with E-state index in [0.717, 1.165) is 38.5 Å². The molecule has 5 nitrogen and oxygen atoms in total. The molecule has 2 heterocycles. The molecule has 0 aliphatic carbocycles. The number of pyridine rings is 1. The number of benzene rings is 2. The molecule has 0 aliphatic rings. The lowest BCUT2D eigenvalue weighted by atomic mass is 10.1. The number of anilines is 1. The molecule has 4 rings (SSSR count). The Hall–Kier alpha value is -3.25. The number of para-hydroxylation sites is 1. The number of rotatable bonds is 4. The van der Waals surface area contributed by atoms with Crippen LogP contribution >= 0.6 is 11.3 Å². The highest BCUT2D eigenvalue weighted by atomic mass is 32.1. The molecular weight excluding hydrogens is 370 g/mol. The van der Waals surface area contributed by atoms with Crippen molar-refractivity contribution in [3.8, 4) is 17.0 Å². The third-order valence-electron chi connectivity index (χ3n) is 4.47. The molecule has 6 heteroatoms. The fourth-order valence-corrected chi connectivity index (χ4v) is 3.96. The molecule has 0 fully saturated rings. The van der Waals surface area contributed by atoms with Gasteiger partial charge in [0, 0.05) is 21.5 Å². The van der Waals surface area contributed by atoms with Gasteiger partial charge in [-0.2, -0.15) is 0 Å². The first-order chi connectivity index (χ1) is 13.5. The molecule has 0 saturated heterocycles. The van der Waals surface area contributed by atoms with Gasteiger partial charge < -0.3 is 4.74 Å². The third kappa shape index (κ3) is 3.46. The van der Waals surface area contributed by atoms with Gasteiger partial charge in [0.1, 0.15) is 5.75 Å². The van der Waals surface area contributed by atoms with Gasteiger partial charge in [-0.1, -0.05) is 18.2 Å². The Balaban J connectivity index is 1.64. The molecular formula is C22H19N3O2S. The summed E-state index contributed by atoms with van der Waals surface area (Å²) in [6.07, 6.45) is 0. The molecule has 0 aliphatic heterocycles. The van der Waals surface area contributed by atoms with Gasteiger partial charge in [-0.05, 0) is 50.2 Å². The lowest BCUT2D eigenvalue weighted by Gasteiger charge is -2.07. The zero-order valence-electron chi connectivity index (χ0n) is 15.8. The summed E-state index contributed by atoms with van der Waals surface area (Å²) < 4.78 is 5.21. The summed E-state index contributed by atoms with van der Waals surface area (Å²) in [5.74, 6) is 0.613. The maximum Gasteiger partial charge on any atom is 0.258 e. The molecule has 2 aromatic heterocycles. The fraction of sp³-hybridized carbons (Fsp3) is 0.136. The molecule has 1 amide bonds. The molecule has 28 heavy (non-hydrogen) atoms. The smallest absolute Gasteiger partial charge is 0.258 e. The van der Waals surface area contributed by atoms with Gasteiger partial charge in [-0.3, -0.25) is 15.1 Å². The van der Waals surface area contributed by atoms with Crippen LogP contribution in [0.15, 0.2) is 54.6 Å². The average Bonchev–Trinajstić information content (AvgIpc) is 3.07. The number of hydrogen-bond acceptors (Lipinski definition) is 5. The number of aromatic nitrogens is 2. The maximum atomic E-state index is 12.9. The van der Waals surface area contributed by atoms with Crippen molar-refractivity contribution >= 4 is 33.3 Å². The minimum atomic E-state index is -0.184. The number of amides is 1. The molecule has 0 bridgehead atoms. The van der Waals surface area contributed by atoms with Crippen molar-refractivity contribution in [2.75, 3.05) is 12.4 Å². The number of thiazole rings is 1. The van der Waals surface area contributed by atoms with E-state index >= 15 is 0 Å². The first kappa shape index (κ1) is 18.1. The Morgan fingerprint density at radius 2 is 1.79 bits per heavy atom. The van der Waals surface area contributed by atoms with Crippen LogP contribution in [0.5, 0.6) is 5.75 Å². The molecule has 140 valence electrons. The van der Waals surface area contributed by atoms with E-state index in [-0.39, 0.29) is 5.91 Å². The van der Waals surface area contributed by atoms with Crippen LogP contribution in [0.1, 0.15) is 20.9 Å². The van der Waals surface area contributed by atoms with Gasteiger partial charge in [-0.15, -0.1) is 11.3 Å². The molecule has 0 radical (unpaired) electrons. The highest BCUT2D eigenvalue weighted by Gasteiger charge is 2.16. The summed E-state index contributed by atoms with van der Waals surface area (Å²) in [4.78, 5) is 23.1. The Kier molecular flexibility index (Phi) is 4.79. The van der Waals surface area contributed by atoms with Crippen molar-refractivity contribution in [1.29, 1.82) is 0 Å². The lowest BCUT2D eigenvalue weighted by Crippen LogP contribution is -2.13. The zero-order valence-corrected chi connectivity index (χ0v) is 16.6. The number of carbonyl (C=O) groups is 1. The van der Waals surface area contributed by atoms with Crippen molar-refractivity contribution < 1.29 is 9.53 Å². The van der Waals surface area contributed by atoms with Gasteiger partial charge in [0.15, 0.2) is 5.13 Å². The number of nitrogens with zero attached hydrogens (tertiary/aromatic N) is 2. The Bertz CT molecular complexity index is 1170.